The highest BCUT2D eigenvalue weighted by atomic mass is 32.2. The number of aliphatic carboxylic acids is 1. The molecule has 18 heavy (non-hydrogen) atoms. The Morgan fingerprint density at radius 2 is 1.83 bits per heavy atom. The van der Waals surface area contributed by atoms with E-state index in [1.807, 2.05) is 0 Å². The maximum atomic E-state index is 11.6. The van der Waals surface area contributed by atoms with Crippen molar-refractivity contribution in [1.82, 2.24) is 5.32 Å². The predicted molar refractivity (Wildman–Crippen MR) is 68.0 cm³/mol. The van der Waals surface area contributed by atoms with Crippen molar-refractivity contribution in [3.05, 3.63) is 0 Å². The Balaban J connectivity index is 4.79. The largest absolute Gasteiger partial charge is 0.480 e. The minimum Gasteiger partial charge on any atom is -0.480 e. The van der Waals surface area contributed by atoms with Crippen molar-refractivity contribution < 1.29 is 23.1 Å². The fourth-order valence-corrected chi connectivity index (χ4v) is 2.19. The number of carboxylic acid groups (broad SMARTS) is 1. The van der Waals surface area contributed by atoms with Gasteiger partial charge in [-0.2, -0.15) is 0 Å². The van der Waals surface area contributed by atoms with Gasteiger partial charge in [-0.05, 0) is 27.2 Å². The van der Waals surface area contributed by atoms with E-state index < -0.39 is 38.3 Å². The van der Waals surface area contributed by atoms with Gasteiger partial charge in [-0.1, -0.05) is 13.3 Å². The van der Waals surface area contributed by atoms with Crippen LogP contribution < -0.4 is 5.32 Å². The summed E-state index contributed by atoms with van der Waals surface area (Å²) in [5.41, 5.74) is -1.42. The van der Waals surface area contributed by atoms with Gasteiger partial charge >= 0.3 is 5.97 Å². The Morgan fingerprint density at radius 1 is 1.33 bits per heavy atom. The van der Waals surface area contributed by atoms with Crippen LogP contribution in [0.4, 0.5) is 0 Å². The first-order valence-corrected chi connectivity index (χ1v) is 7.52. The third kappa shape index (κ3) is 4.64. The molecule has 6 nitrogen and oxygen atoms in total. The Hall–Kier alpha value is -1.11. The van der Waals surface area contributed by atoms with Gasteiger partial charge in [-0.3, -0.25) is 4.79 Å². The fraction of sp³-hybridized carbons (Fsp3) is 0.818. The lowest BCUT2D eigenvalue weighted by Gasteiger charge is -2.25. The molecule has 1 atom stereocenters. The van der Waals surface area contributed by atoms with E-state index in [1.54, 1.807) is 6.92 Å². The van der Waals surface area contributed by atoms with E-state index in [9.17, 15) is 18.0 Å². The van der Waals surface area contributed by atoms with E-state index in [-0.39, 0.29) is 6.42 Å². The van der Waals surface area contributed by atoms with Crippen molar-refractivity contribution in [3.63, 3.8) is 0 Å². The molecule has 0 saturated carbocycles. The van der Waals surface area contributed by atoms with Crippen LogP contribution in [0.15, 0.2) is 0 Å². The lowest BCUT2D eigenvalue weighted by atomic mass is 9.96. The van der Waals surface area contributed by atoms with E-state index in [4.69, 9.17) is 5.11 Å². The highest BCUT2D eigenvalue weighted by molar-refractivity contribution is 7.92. The van der Waals surface area contributed by atoms with Gasteiger partial charge in [0.1, 0.15) is 11.3 Å². The van der Waals surface area contributed by atoms with Gasteiger partial charge in [0.05, 0.1) is 5.25 Å². The summed E-state index contributed by atoms with van der Waals surface area (Å²) in [6.07, 6.45) is 0.815. The predicted octanol–water partition coefficient (Wildman–Crippen LogP) is 0.569. The van der Waals surface area contributed by atoms with Crippen LogP contribution >= 0.6 is 0 Å². The van der Waals surface area contributed by atoms with Gasteiger partial charge in [0.25, 0.3) is 0 Å². The zero-order chi connectivity index (χ0) is 14.6. The lowest BCUT2D eigenvalue weighted by Crippen LogP contribution is -2.53. The number of sulfone groups is 1. The maximum Gasteiger partial charge on any atom is 0.329 e. The van der Waals surface area contributed by atoms with Gasteiger partial charge in [0.2, 0.25) is 5.91 Å². The number of nitrogens with one attached hydrogen (secondary N) is 1. The Bertz CT molecular complexity index is 415. The maximum absolute atomic E-state index is 11.6. The number of carbonyl (C=O) groups is 2. The van der Waals surface area contributed by atoms with E-state index in [2.05, 4.69) is 5.32 Å². The lowest BCUT2D eigenvalue weighted by molar-refractivity contribution is -0.146. The molecule has 0 aliphatic heterocycles. The Kier molecular flexibility index (Phi) is 5.79. The van der Waals surface area contributed by atoms with Crippen molar-refractivity contribution in [3.8, 4) is 0 Å². The highest BCUT2D eigenvalue weighted by Gasteiger charge is 2.35. The molecule has 7 heteroatoms. The highest BCUT2D eigenvalue weighted by Crippen LogP contribution is 2.13. The molecule has 0 aromatic rings. The summed E-state index contributed by atoms with van der Waals surface area (Å²) in [5.74, 6) is -2.63. The summed E-state index contributed by atoms with van der Waals surface area (Å²) in [4.78, 5) is 22.7. The topological polar surface area (TPSA) is 101 Å². The van der Waals surface area contributed by atoms with Gasteiger partial charge in [0, 0.05) is 0 Å². The SMILES string of the molecule is CCCC(C)(NC(=O)CS(=O)(=O)C(C)C)C(=O)O. The zero-order valence-corrected chi connectivity index (χ0v) is 12.0. The molecule has 0 spiro atoms. The van der Waals surface area contributed by atoms with Gasteiger partial charge in [0.15, 0.2) is 9.84 Å². The van der Waals surface area contributed by atoms with Gasteiger partial charge < -0.3 is 10.4 Å². The Morgan fingerprint density at radius 3 is 2.17 bits per heavy atom. The molecule has 0 heterocycles. The fourth-order valence-electron chi connectivity index (χ4n) is 1.42. The molecular weight excluding hydrogens is 258 g/mol. The van der Waals surface area contributed by atoms with Crippen molar-refractivity contribution in [2.75, 3.05) is 5.75 Å². The first kappa shape index (κ1) is 16.9. The molecule has 2 N–H and O–H groups in total. The quantitative estimate of drug-likeness (QED) is 0.709. The minimum atomic E-state index is -3.52. The first-order valence-electron chi connectivity index (χ1n) is 5.81. The number of hydrogen-bond donors (Lipinski definition) is 2. The van der Waals surface area contributed by atoms with E-state index in [1.165, 1.54) is 20.8 Å². The number of carbonyl (C=O) groups excluding carboxylic acids is 1. The molecular formula is C11H21NO5S. The van der Waals surface area contributed by atoms with Crippen LogP contribution in [0.2, 0.25) is 0 Å². The summed E-state index contributed by atoms with van der Waals surface area (Å²) >= 11 is 0. The molecule has 0 aliphatic carbocycles. The number of rotatable bonds is 7. The van der Waals surface area contributed by atoms with Crippen molar-refractivity contribution >= 4 is 21.7 Å². The number of hydrogen-bond acceptors (Lipinski definition) is 4. The van der Waals surface area contributed by atoms with Crippen LogP contribution in [-0.2, 0) is 19.4 Å². The normalized spacial score (nSPS) is 15.2. The average Bonchev–Trinajstić information content (AvgIpc) is 2.15. The summed E-state index contributed by atoms with van der Waals surface area (Å²) in [6, 6.07) is 0. The van der Waals surface area contributed by atoms with Crippen LogP contribution in [0.25, 0.3) is 0 Å². The second-order valence-corrected chi connectivity index (χ2v) is 7.35. The summed E-state index contributed by atoms with van der Waals surface area (Å²) < 4.78 is 23.1. The molecule has 0 saturated heterocycles. The van der Waals surface area contributed by atoms with Gasteiger partial charge in [-0.25, -0.2) is 13.2 Å². The smallest absolute Gasteiger partial charge is 0.329 e. The van der Waals surface area contributed by atoms with Crippen LogP contribution in [0.5, 0.6) is 0 Å². The second-order valence-electron chi connectivity index (χ2n) is 4.79. The molecule has 0 rings (SSSR count). The first-order chi connectivity index (χ1) is 8.05. The monoisotopic (exact) mass is 279 g/mol. The summed E-state index contributed by atoms with van der Waals surface area (Å²) in [6.45, 7) is 6.12. The Labute approximate surface area is 108 Å². The van der Waals surface area contributed by atoms with E-state index in [0.717, 1.165) is 0 Å². The van der Waals surface area contributed by atoms with Crippen LogP contribution in [0.3, 0.4) is 0 Å². The second kappa shape index (κ2) is 6.17. The van der Waals surface area contributed by atoms with Crippen molar-refractivity contribution in [2.45, 2.75) is 51.3 Å². The standard InChI is InChI=1S/C11H21NO5S/c1-5-6-11(4,10(14)15)12-9(13)7-18(16,17)8(2)3/h8H,5-7H2,1-4H3,(H,12,13)(H,14,15). The van der Waals surface area contributed by atoms with Crippen molar-refractivity contribution in [2.24, 2.45) is 0 Å². The van der Waals surface area contributed by atoms with Crippen molar-refractivity contribution in [1.29, 1.82) is 0 Å². The molecule has 0 fully saturated rings. The average molecular weight is 279 g/mol. The number of carboxylic acids is 1. The molecule has 106 valence electrons. The summed E-state index contributed by atoms with van der Waals surface area (Å²) in [7, 11) is -3.52. The van der Waals surface area contributed by atoms with E-state index >= 15 is 0 Å². The molecule has 0 radical (unpaired) electrons. The molecule has 0 aromatic carbocycles. The van der Waals surface area contributed by atoms with E-state index in [0.29, 0.717) is 6.42 Å². The molecule has 0 aliphatic rings. The summed E-state index contributed by atoms with van der Waals surface area (Å²) in [5, 5.41) is 10.7. The van der Waals surface area contributed by atoms with Crippen LogP contribution in [0, 0.1) is 0 Å². The molecule has 1 amide bonds. The zero-order valence-electron chi connectivity index (χ0n) is 11.2. The van der Waals surface area contributed by atoms with Crippen LogP contribution in [-0.4, -0.2) is 41.9 Å². The molecule has 1 unspecified atom stereocenters. The third-order valence-electron chi connectivity index (χ3n) is 2.69. The minimum absolute atomic E-state index is 0.246. The third-order valence-corrected chi connectivity index (χ3v) is 4.79. The van der Waals surface area contributed by atoms with Crippen LogP contribution in [0.1, 0.15) is 40.5 Å². The number of amides is 1. The molecule has 0 aromatic heterocycles. The van der Waals surface area contributed by atoms with Gasteiger partial charge in [-0.15, -0.1) is 0 Å². The molecule has 0 bridgehead atoms.